The van der Waals surface area contributed by atoms with Crippen LogP contribution in [-0.2, 0) is 24.9 Å². The van der Waals surface area contributed by atoms with Crippen LogP contribution in [0.1, 0.15) is 30.9 Å². The van der Waals surface area contributed by atoms with Gasteiger partial charge in [-0.2, -0.15) is 0 Å². The first-order valence-corrected chi connectivity index (χ1v) is 16.4. The van der Waals surface area contributed by atoms with Crippen LogP contribution in [0.15, 0.2) is 67.0 Å². The topological polar surface area (TPSA) is 113 Å². The van der Waals surface area contributed by atoms with E-state index < -0.39 is 6.10 Å². The van der Waals surface area contributed by atoms with Crippen molar-refractivity contribution in [3.05, 3.63) is 88.2 Å². The summed E-state index contributed by atoms with van der Waals surface area (Å²) in [5.41, 5.74) is 7.49. The number of aliphatic hydroxyl groups excluding tert-OH is 1. The molecule has 244 valence electrons. The third kappa shape index (κ3) is 7.15. The number of hydrogen-bond acceptors (Lipinski definition) is 7. The predicted molar refractivity (Wildman–Crippen MR) is 188 cm³/mol. The lowest BCUT2D eigenvalue weighted by Crippen LogP contribution is -2.35. The van der Waals surface area contributed by atoms with Crippen molar-refractivity contribution in [3.63, 3.8) is 0 Å². The van der Waals surface area contributed by atoms with Gasteiger partial charge in [0.25, 0.3) is 0 Å². The molecular weight excluding hydrogens is 635 g/mol. The molecule has 0 saturated carbocycles. The number of ether oxygens (including phenoxy) is 1. The standard InChI is InChI=1S/C36H38Cl2N6O3/c1-21(45)16-39-18-24-20-44(2)36-26(24)10-11-30(43-36)29-6-4-5-27(33(29)37)28-13-14-41-35(34(28)38)22-7-8-23(31(15-22)47-3)17-40-19-25-9-12-32(46)42-25/h4-8,10-11,13-15,20-21,25,39-40,45H,9,12,16-19H2,1-3H3,(H,42,46)/t21?,25-/m0/s1. The summed E-state index contributed by atoms with van der Waals surface area (Å²) in [7, 11) is 3.62. The van der Waals surface area contributed by atoms with Crippen molar-refractivity contribution in [3.8, 4) is 39.4 Å². The second-order valence-corrected chi connectivity index (χ2v) is 12.7. The van der Waals surface area contributed by atoms with Gasteiger partial charge in [-0.3, -0.25) is 9.78 Å². The second-order valence-electron chi connectivity index (χ2n) is 12.0. The minimum absolute atomic E-state index is 0.108. The fourth-order valence-corrected chi connectivity index (χ4v) is 6.73. The van der Waals surface area contributed by atoms with Crippen molar-refractivity contribution in [1.82, 2.24) is 30.5 Å². The molecule has 2 aromatic carbocycles. The van der Waals surface area contributed by atoms with Crippen LogP contribution in [0.2, 0.25) is 10.0 Å². The average Bonchev–Trinajstić information content (AvgIpc) is 3.62. The van der Waals surface area contributed by atoms with Crippen molar-refractivity contribution < 1.29 is 14.6 Å². The molecule has 11 heteroatoms. The number of aryl methyl sites for hydroxylation is 1. The molecule has 2 atom stereocenters. The zero-order chi connectivity index (χ0) is 33.1. The number of aromatic nitrogens is 3. The summed E-state index contributed by atoms with van der Waals surface area (Å²) in [5.74, 6) is 0.828. The molecule has 9 nitrogen and oxygen atoms in total. The Balaban J connectivity index is 1.26. The highest BCUT2D eigenvalue weighted by Crippen LogP contribution is 2.42. The molecule has 1 unspecified atom stereocenters. The molecule has 1 aliphatic rings. The van der Waals surface area contributed by atoms with E-state index in [1.165, 1.54) is 0 Å². The summed E-state index contributed by atoms with van der Waals surface area (Å²) in [5, 5.41) is 21.4. The van der Waals surface area contributed by atoms with Gasteiger partial charge in [-0.25, -0.2) is 4.98 Å². The predicted octanol–water partition coefficient (Wildman–Crippen LogP) is 6.12. The first-order chi connectivity index (χ1) is 22.7. The van der Waals surface area contributed by atoms with E-state index in [1.54, 1.807) is 20.2 Å². The summed E-state index contributed by atoms with van der Waals surface area (Å²) in [4.78, 5) is 21.1. The number of halogens is 2. The highest BCUT2D eigenvalue weighted by molar-refractivity contribution is 6.39. The Hall–Kier alpha value is -3.99. The Labute approximate surface area is 284 Å². The number of hydrogen-bond donors (Lipinski definition) is 4. The normalized spacial score (nSPS) is 15.3. The summed E-state index contributed by atoms with van der Waals surface area (Å²) < 4.78 is 7.74. The second kappa shape index (κ2) is 14.4. The van der Waals surface area contributed by atoms with E-state index in [0.29, 0.717) is 48.3 Å². The molecule has 4 heterocycles. The quantitative estimate of drug-likeness (QED) is 0.126. The van der Waals surface area contributed by atoms with Gasteiger partial charge >= 0.3 is 0 Å². The molecule has 0 spiro atoms. The van der Waals surface area contributed by atoms with Crippen LogP contribution in [0.5, 0.6) is 5.75 Å². The van der Waals surface area contributed by atoms with E-state index in [1.807, 2.05) is 60.1 Å². The number of fused-ring (bicyclic) bond motifs is 1. The van der Waals surface area contributed by atoms with Gasteiger partial charge in [0.2, 0.25) is 5.91 Å². The molecule has 6 rings (SSSR count). The van der Waals surface area contributed by atoms with Crippen LogP contribution in [0.25, 0.3) is 44.7 Å². The van der Waals surface area contributed by atoms with Gasteiger partial charge in [-0.1, -0.05) is 53.5 Å². The van der Waals surface area contributed by atoms with E-state index in [0.717, 1.165) is 62.3 Å². The van der Waals surface area contributed by atoms with Crippen LogP contribution in [-0.4, -0.2) is 57.9 Å². The third-order valence-corrected chi connectivity index (χ3v) is 9.26. The molecule has 1 saturated heterocycles. The van der Waals surface area contributed by atoms with E-state index in [4.69, 9.17) is 32.9 Å². The smallest absolute Gasteiger partial charge is 0.220 e. The summed E-state index contributed by atoms with van der Waals surface area (Å²) >= 11 is 14.2. The molecule has 0 radical (unpaired) electrons. The lowest BCUT2D eigenvalue weighted by Gasteiger charge is -2.16. The first kappa shape index (κ1) is 32.9. The van der Waals surface area contributed by atoms with Gasteiger partial charge in [0, 0.05) is 91.3 Å². The van der Waals surface area contributed by atoms with Gasteiger partial charge in [0.05, 0.1) is 34.6 Å². The number of carbonyl (C=O) groups excluding carboxylic acids is 1. The Morgan fingerprint density at radius 3 is 2.60 bits per heavy atom. The minimum atomic E-state index is -0.412. The molecule has 5 aromatic rings. The third-order valence-electron chi connectivity index (χ3n) is 8.47. The van der Waals surface area contributed by atoms with Gasteiger partial charge < -0.3 is 30.4 Å². The largest absolute Gasteiger partial charge is 0.496 e. The van der Waals surface area contributed by atoms with E-state index in [9.17, 15) is 9.90 Å². The highest BCUT2D eigenvalue weighted by Gasteiger charge is 2.21. The Bertz CT molecular complexity index is 1930. The molecule has 47 heavy (non-hydrogen) atoms. The fourth-order valence-electron chi connectivity index (χ4n) is 6.08. The number of carbonyl (C=O) groups is 1. The molecule has 1 aliphatic heterocycles. The van der Waals surface area contributed by atoms with Crippen molar-refractivity contribution in [2.75, 3.05) is 20.2 Å². The van der Waals surface area contributed by atoms with E-state index in [-0.39, 0.29) is 11.9 Å². The number of benzene rings is 2. The Kier molecular flexibility index (Phi) is 10.1. The van der Waals surface area contributed by atoms with Gasteiger partial charge in [0.1, 0.15) is 11.4 Å². The maximum atomic E-state index is 11.5. The molecule has 1 fully saturated rings. The van der Waals surface area contributed by atoms with Crippen molar-refractivity contribution >= 4 is 40.1 Å². The van der Waals surface area contributed by atoms with Gasteiger partial charge in [0.15, 0.2) is 0 Å². The maximum Gasteiger partial charge on any atom is 0.220 e. The number of aliphatic hydroxyl groups is 1. The lowest BCUT2D eigenvalue weighted by molar-refractivity contribution is -0.119. The zero-order valence-corrected chi connectivity index (χ0v) is 28.1. The van der Waals surface area contributed by atoms with E-state index >= 15 is 0 Å². The Morgan fingerprint density at radius 2 is 1.83 bits per heavy atom. The van der Waals surface area contributed by atoms with Crippen molar-refractivity contribution in [1.29, 1.82) is 0 Å². The van der Waals surface area contributed by atoms with Crippen LogP contribution >= 0.6 is 23.2 Å². The molecule has 3 aromatic heterocycles. The summed E-state index contributed by atoms with van der Waals surface area (Å²) in [6.07, 6.45) is 4.81. The summed E-state index contributed by atoms with van der Waals surface area (Å²) in [6.45, 7) is 4.21. The lowest BCUT2D eigenvalue weighted by atomic mass is 9.99. The summed E-state index contributed by atoms with van der Waals surface area (Å²) in [6, 6.07) is 17.9. The van der Waals surface area contributed by atoms with Crippen LogP contribution < -0.4 is 20.7 Å². The van der Waals surface area contributed by atoms with E-state index in [2.05, 4.69) is 33.2 Å². The molecule has 1 amide bonds. The number of pyridine rings is 2. The van der Waals surface area contributed by atoms with Gasteiger partial charge in [-0.05, 0) is 43.2 Å². The number of amides is 1. The number of rotatable bonds is 12. The van der Waals surface area contributed by atoms with Gasteiger partial charge in [-0.15, -0.1) is 0 Å². The minimum Gasteiger partial charge on any atom is -0.496 e. The molecule has 0 aliphatic carbocycles. The number of methoxy groups -OCH3 is 1. The zero-order valence-electron chi connectivity index (χ0n) is 26.6. The number of nitrogens with zero attached hydrogens (tertiary/aromatic N) is 3. The first-order valence-electron chi connectivity index (χ1n) is 15.7. The fraction of sp³-hybridized carbons (Fsp3) is 0.306. The average molecular weight is 674 g/mol. The van der Waals surface area contributed by atoms with Crippen LogP contribution in [0.4, 0.5) is 0 Å². The van der Waals surface area contributed by atoms with Crippen molar-refractivity contribution in [2.45, 2.75) is 45.0 Å². The SMILES string of the molecule is COc1cc(-c2nccc(-c3cccc(-c4ccc5c(CNCC(C)O)cn(C)c5n4)c3Cl)c2Cl)ccc1CNC[C@@H]1CCC(=O)N1. The monoisotopic (exact) mass is 672 g/mol. The molecule has 0 bridgehead atoms. The molecular formula is C36H38Cl2N6O3. The van der Waals surface area contributed by atoms with Crippen molar-refractivity contribution in [2.24, 2.45) is 7.05 Å². The highest BCUT2D eigenvalue weighted by atomic mass is 35.5. The maximum absolute atomic E-state index is 11.5. The van der Waals surface area contributed by atoms with Crippen LogP contribution in [0.3, 0.4) is 0 Å². The Morgan fingerprint density at radius 1 is 1.04 bits per heavy atom. The van der Waals surface area contributed by atoms with Crippen LogP contribution in [0, 0.1) is 0 Å². The number of nitrogens with one attached hydrogen (secondary N) is 3. The molecule has 4 N–H and O–H groups in total.